The standard InChI is InChI=1S/C11H7FN4/c12-11-6-9(5-10(7-11)8-13)3-1-2-4-15-16-14/h5-7H,2,4H2. The van der Waals surface area contributed by atoms with E-state index in [2.05, 4.69) is 21.9 Å². The molecule has 0 bridgehead atoms. The van der Waals surface area contributed by atoms with Gasteiger partial charge >= 0.3 is 0 Å². The molecule has 4 nitrogen and oxygen atoms in total. The lowest BCUT2D eigenvalue weighted by Crippen LogP contribution is -1.83. The molecule has 0 aliphatic carbocycles. The number of halogens is 1. The maximum atomic E-state index is 13.0. The van der Waals surface area contributed by atoms with Gasteiger partial charge < -0.3 is 0 Å². The maximum Gasteiger partial charge on any atom is 0.125 e. The van der Waals surface area contributed by atoms with Crippen molar-refractivity contribution in [2.45, 2.75) is 6.42 Å². The molecule has 0 saturated carbocycles. The Balaban J connectivity index is 2.77. The third kappa shape index (κ3) is 3.71. The molecule has 0 N–H and O–H groups in total. The number of azide groups is 1. The highest BCUT2D eigenvalue weighted by Crippen LogP contribution is 2.07. The fourth-order valence-corrected chi connectivity index (χ4v) is 1.04. The van der Waals surface area contributed by atoms with Gasteiger partial charge in [0.25, 0.3) is 0 Å². The lowest BCUT2D eigenvalue weighted by atomic mass is 10.1. The van der Waals surface area contributed by atoms with Crippen molar-refractivity contribution in [2.24, 2.45) is 5.11 Å². The Kier molecular flexibility index (Phi) is 4.40. The molecule has 1 aromatic carbocycles. The van der Waals surface area contributed by atoms with Crippen molar-refractivity contribution in [3.05, 3.63) is 45.6 Å². The summed E-state index contributed by atoms with van der Waals surface area (Å²) in [7, 11) is 0. The molecule has 0 aliphatic rings. The fraction of sp³-hybridized carbons (Fsp3) is 0.182. The zero-order valence-electron chi connectivity index (χ0n) is 8.31. The molecule has 0 radical (unpaired) electrons. The van der Waals surface area contributed by atoms with E-state index in [1.54, 1.807) is 0 Å². The Morgan fingerprint density at radius 2 is 2.12 bits per heavy atom. The Morgan fingerprint density at radius 1 is 1.38 bits per heavy atom. The van der Waals surface area contributed by atoms with E-state index in [1.807, 2.05) is 6.07 Å². The molecule has 0 unspecified atom stereocenters. The number of nitriles is 1. The first-order valence-electron chi connectivity index (χ1n) is 4.46. The highest BCUT2D eigenvalue weighted by Gasteiger charge is 1.97. The number of hydrogen-bond acceptors (Lipinski definition) is 2. The summed E-state index contributed by atoms with van der Waals surface area (Å²) in [5, 5.41) is 11.9. The van der Waals surface area contributed by atoms with Crippen LogP contribution >= 0.6 is 0 Å². The van der Waals surface area contributed by atoms with Crippen LogP contribution in [0.15, 0.2) is 23.3 Å². The largest absolute Gasteiger partial charge is 0.207 e. The number of nitrogens with zero attached hydrogens (tertiary/aromatic N) is 4. The second kappa shape index (κ2) is 6.08. The van der Waals surface area contributed by atoms with Gasteiger partial charge in [-0.2, -0.15) is 5.26 Å². The summed E-state index contributed by atoms with van der Waals surface area (Å²) in [6.45, 7) is 0.282. The van der Waals surface area contributed by atoms with E-state index in [4.69, 9.17) is 10.8 Å². The molecule has 0 aliphatic heterocycles. The average Bonchev–Trinajstić information content (AvgIpc) is 2.28. The number of hydrogen-bond donors (Lipinski definition) is 0. The van der Waals surface area contributed by atoms with Gasteiger partial charge in [-0.05, 0) is 23.7 Å². The lowest BCUT2D eigenvalue weighted by Gasteiger charge is -1.93. The predicted molar refractivity (Wildman–Crippen MR) is 56.6 cm³/mol. The predicted octanol–water partition coefficient (Wildman–Crippen LogP) is 2.75. The minimum atomic E-state index is -0.488. The fourth-order valence-electron chi connectivity index (χ4n) is 1.04. The van der Waals surface area contributed by atoms with E-state index in [0.29, 0.717) is 12.0 Å². The normalized spacial score (nSPS) is 8.25. The van der Waals surface area contributed by atoms with Gasteiger partial charge in [-0.15, -0.1) is 0 Å². The van der Waals surface area contributed by atoms with Gasteiger partial charge in [0.1, 0.15) is 5.82 Å². The third-order valence-corrected chi connectivity index (χ3v) is 1.66. The van der Waals surface area contributed by atoms with E-state index in [1.165, 1.54) is 12.1 Å². The minimum Gasteiger partial charge on any atom is -0.207 e. The van der Waals surface area contributed by atoms with Crippen molar-refractivity contribution in [1.82, 2.24) is 0 Å². The molecule has 5 heteroatoms. The summed E-state index contributed by atoms with van der Waals surface area (Å²) in [5.74, 6) is 4.93. The molecule has 0 amide bonds. The molecule has 16 heavy (non-hydrogen) atoms. The molecule has 0 heterocycles. The number of benzene rings is 1. The van der Waals surface area contributed by atoms with E-state index in [-0.39, 0.29) is 12.1 Å². The van der Waals surface area contributed by atoms with Crippen molar-refractivity contribution >= 4 is 0 Å². The van der Waals surface area contributed by atoms with Crippen LogP contribution in [-0.2, 0) is 0 Å². The topological polar surface area (TPSA) is 72.5 Å². The molecular formula is C11H7FN4. The first-order valence-corrected chi connectivity index (χ1v) is 4.46. The zero-order chi connectivity index (χ0) is 11.8. The summed E-state index contributed by atoms with van der Waals surface area (Å²) in [4.78, 5) is 2.58. The van der Waals surface area contributed by atoms with Crippen molar-refractivity contribution in [3.8, 4) is 17.9 Å². The van der Waals surface area contributed by atoms with E-state index in [0.717, 1.165) is 6.07 Å². The van der Waals surface area contributed by atoms with Crippen molar-refractivity contribution in [3.63, 3.8) is 0 Å². The van der Waals surface area contributed by atoms with Gasteiger partial charge in [-0.1, -0.05) is 17.0 Å². The first-order chi connectivity index (χ1) is 7.76. The van der Waals surface area contributed by atoms with Crippen molar-refractivity contribution in [1.29, 1.82) is 5.26 Å². The molecule has 1 aromatic rings. The van der Waals surface area contributed by atoms with Crippen molar-refractivity contribution in [2.75, 3.05) is 6.54 Å². The lowest BCUT2D eigenvalue weighted by molar-refractivity contribution is 0.627. The molecule has 0 saturated heterocycles. The molecule has 1 rings (SSSR count). The Bertz CT molecular complexity index is 527. The summed E-state index contributed by atoms with van der Waals surface area (Å²) in [6, 6.07) is 5.74. The van der Waals surface area contributed by atoms with Gasteiger partial charge in [0, 0.05) is 23.4 Å². The third-order valence-electron chi connectivity index (χ3n) is 1.66. The van der Waals surface area contributed by atoms with Crippen LogP contribution in [0.3, 0.4) is 0 Å². The second-order valence-electron chi connectivity index (χ2n) is 2.85. The van der Waals surface area contributed by atoms with Crippen LogP contribution in [0.1, 0.15) is 17.5 Å². The highest BCUT2D eigenvalue weighted by molar-refractivity contribution is 5.42. The second-order valence-corrected chi connectivity index (χ2v) is 2.85. The minimum absolute atomic E-state index is 0.236. The Labute approximate surface area is 91.9 Å². The molecule has 0 atom stereocenters. The first kappa shape index (κ1) is 11.6. The monoisotopic (exact) mass is 214 g/mol. The van der Waals surface area contributed by atoms with Gasteiger partial charge in [0.05, 0.1) is 11.6 Å². The van der Waals surface area contributed by atoms with Crippen LogP contribution in [0.25, 0.3) is 10.4 Å². The van der Waals surface area contributed by atoms with E-state index in [9.17, 15) is 4.39 Å². The summed E-state index contributed by atoms with van der Waals surface area (Å²) < 4.78 is 13.0. The average molecular weight is 214 g/mol. The summed E-state index contributed by atoms with van der Waals surface area (Å²) in [6.07, 6.45) is 0.405. The SMILES string of the molecule is N#Cc1cc(F)cc(C#CCCN=[N+]=[N-])c1. The molecule has 0 fully saturated rings. The highest BCUT2D eigenvalue weighted by atomic mass is 19.1. The quantitative estimate of drug-likeness (QED) is 0.245. The zero-order valence-corrected chi connectivity index (χ0v) is 8.31. The van der Waals surface area contributed by atoms with Gasteiger partial charge in [-0.25, -0.2) is 4.39 Å². The van der Waals surface area contributed by atoms with Crippen LogP contribution in [0.5, 0.6) is 0 Å². The molecule has 78 valence electrons. The summed E-state index contributed by atoms with van der Waals surface area (Å²) in [5.41, 5.74) is 8.69. The molecule has 0 aromatic heterocycles. The van der Waals surface area contributed by atoms with Crippen LogP contribution < -0.4 is 0 Å². The molecular weight excluding hydrogens is 207 g/mol. The van der Waals surface area contributed by atoms with Gasteiger partial charge in [0.2, 0.25) is 0 Å². The van der Waals surface area contributed by atoms with E-state index < -0.39 is 5.82 Å². The van der Waals surface area contributed by atoms with Crippen LogP contribution in [0.2, 0.25) is 0 Å². The van der Waals surface area contributed by atoms with E-state index >= 15 is 0 Å². The maximum absolute atomic E-state index is 13.0. The van der Waals surface area contributed by atoms with Crippen LogP contribution in [0.4, 0.5) is 4.39 Å². The van der Waals surface area contributed by atoms with Crippen LogP contribution in [-0.4, -0.2) is 6.54 Å². The van der Waals surface area contributed by atoms with Crippen LogP contribution in [0, 0.1) is 29.0 Å². The smallest absolute Gasteiger partial charge is 0.125 e. The summed E-state index contributed by atoms with van der Waals surface area (Å²) >= 11 is 0. The van der Waals surface area contributed by atoms with Crippen molar-refractivity contribution < 1.29 is 4.39 Å². The molecule has 0 spiro atoms. The van der Waals surface area contributed by atoms with Gasteiger partial charge in [0.15, 0.2) is 0 Å². The Hall–Kier alpha value is -2.49. The van der Waals surface area contributed by atoms with Gasteiger partial charge in [-0.3, -0.25) is 0 Å². The Morgan fingerprint density at radius 3 is 2.81 bits per heavy atom. The number of rotatable bonds is 2.